The minimum Gasteiger partial charge on any atom is -0.396 e. The third-order valence-electron chi connectivity index (χ3n) is 4.51. The van der Waals surface area contributed by atoms with E-state index in [1.165, 1.54) is 5.01 Å². The van der Waals surface area contributed by atoms with Crippen molar-refractivity contribution in [2.45, 2.75) is 13.1 Å². The van der Waals surface area contributed by atoms with Crippen LogP contribution in [-0.4, -0.2) is 9.97 Å². The van der Waals surface area contributed by atoms with E-state index in [-0.39, 0.29) is 6.54 Å². The van der Waals surface area contributed by atoms with E-state index >= 15 is 0 Å². The average molecular weight is 425 g/mol. The standard InChI is InChI=1S/C20H17ClN6OS/c21-15-8-13(2-3-14(15)9-25-28)17-6-4-16(22)20(26-17)27(23)10-12-1-5-18-19(7-12)29-11-24-18/h1-8,11H,9-10,22-23H2. The van der Waals surface area contributed by atoms with Crippen molar-refractivity contribution in [3.63, 3.8) is 0 Å². The molecule has 7 nitrogen and oxygen atoms in total. The summed E-state index contributed by atoms with van der Waals surface area (Å²) in [5.41, 5.74) is 12.6. The number of nitrogen functional groups attached to an aromatic ring is 1. The quantitative estimate of drug-likeness (QED) is 0.262. The lowest BCUT2D eigenvalue weighted by Gasteiger charge is -2.20. The van der Waals surface area contributed by atoms with Crippen molar-refractivity contribution in [1.29, 1.82) is 0 Å². The summed E-state index contributed by atoms with van der Waals surface area (Å²) in [6.45, 7) is 0.472. The summed E-state index contributed by atoms with van der Waals surface area (Å²) in [4.78, 5) is 19.4. The molecule has 0 unspecified atom stereocenters. The van der Waals surface area contributed by atoms with Gasteiger partial charge in [0.25, 0.3) is 0 Å². The van der Waals surface area contributed by atoms with Crippen LogP contribution in [0, 0.1) is 4.91 Å². The number of nitrogens with zero attached hydrogens (tertiary/aromatic N) is 4. The second kappa shape index (κ2) is 8.12. The molecule has 0 atom stereocenters. The molecule has 2 aromatic carbocycles. The molecule has 4 N–H and O–H groups in total. The Bertz CT molecular complexity index is 1190. The number of nitroso groups, excluding NO2 is 1. The van der Waals surface area contributed by atoms with Crippen LogP contribution in [0.3, 0.4) is 0 Å². The van der Waals surface area contributed by atoms with Crippen LogP contribution in [0.15, 0.2) is 59.2 Å². The van der Waals surface area contributed by atoms with Gasteiger partial charge in [-0.1, -0.05) is 35.0 Å². The lowest BCUT2D eigenvalue weighted by atomic mass is 10.1. The Morgan fingerprint density at radius 2 is 2.00 bits per heavy atom. The van der Waals surface area contributed by atoms with Crippen molar-refractivity contribution >= 4 is 44.7 Å². The average Bonchev–Trinajstić information content (AvgIpc) is 3.18. The van der Waals surface area contributed by atoms with Crippen molar-refractivity contribution in [1.82, 2.24) is 9.97 Å². The predicted octanol–water partition coefficient (Wildman–Crippen LogP) is 4.74. The summed E-state index contributed by atoms with van der Waals surface area (Å²) >= 11 is 7.83. The third kappa shape index (κ3) is 4.04. The summed E-state index contributed by atoms with van der Waals surface area (Å²) in [5.74, 6) is 6.77. The van der Waals surface area contributed by atoms with Gasteiger partial charge in [0.1, 0.15) is 6.54 Å². The van der Waals surface area contributed by atoms with Gasteiger partial charge in [0.05, 0.1) is 33.7 Å². The SMILES string of the molecule is Nc1ccc(-c2ccc(CN=O)c(Cl)c2)nc1N(N)Cc1ccc2ncsc2c1. The number of fused-ring (bicyclic) bond motifs is 1. The van der Waals surface area contributed by atoms with Gasteiger partial charge in [-0.05, 0) is 41.5 Å². The fraction of sp³-hybridized carbons (Fsp3) is 0.100. The molecule has 0 spiro atoms. The summed E-state index contributed by atoms with van der Waals surface area (Å²) < 4.78 is 1.10. The minimum absolute atomic E-state index is 0.0280. The van der Waals surface area contributed by atoms with Crippen LogP contribution in [-0.2, 0) is 13.1 Å². The lowest BCUT2D eigenvalue weighted by Crippen LogP contribution is -2.31. The van der Waals surface area contributed by atoms with Crippen molar-refractivity contribution < 1.29 is 0 Å². The predicted molar refractivity (Wildman–Crippen MR) is 119 cm³/mol. The van der Waals surface area contributed by atoms with E-state index in [2.05, 4.69) is 21.2 Å². The van der Waals surface area contributed by atoms with Gasteiger partial charge in [-0.2, -0.15) is 4.91 Å². The Morgan fingerprint density at radius 1 is 1.14 bits per heavy atom. The summed E-state index contributed by atoms with van der Waals surface area (Å²) in [5, 5.41) is 4.86. The highest BCUT2D eigenvalue weighted by Crippen LogP contribution is 2.29. The van der Waals surface area contributed by atoms with E-state index in [0.29, 0.717) is 34.3 Å². The van der Waals surface area contributed by atoms with E-state index in [1.807, 2.05) is 23.7 Å². The number of rotatable bonds is 6. The smallest absolute Gasteiger partial charge is 0.166 e. The number of pyridine rings is 1. The van der Waals surface area contributed by atoms with Crippen LogP contribution in [0.5, 0.6) is 0 Å². The largest absolute Gasteiger partial charge is 0.396 e. The summed E-state index contributed by atoms with van der Waals surface area (Å²) in [6.07, 6.45) is 0. The maximum Gasteiger partial charge on any atom is 0.166 e. The van der Waals surface area contributed by atoms with Crippen LogP contribution in [0.25, 0.3) is 21.5 Å². The first-order valence-electron chi connectivity index (χ1n) is 8.74. The van der Waals surface area contributed by atoms with E-state index < -0.39 is 0 Å². The van der Waals surface area contributed by atoms with Crippen LogP contribution in [0.2, 0.25) is 5.02 Å². The second-order valence-corrected chi connectivity index (χ2v) is 7.78. The number of anilines is 2. The molecule has 2 heterocycles. The molecule has 146 valence electrons. The molecule has 0 aliphatic carbocycles. The third-order valence-corrected chi connectivity index (χ3v) is 5.65. The molecule has 29 heavy (non-hydrogen) atoms. The van der Waals surface area contributed by atoms with Crippen molar-refractivity contribution in [2.24, 2.45) is 11.0 Å². The zero-order valence-electron chi connectivity index (χ0n) is 15.2. The number of hydrogen-bond donors (Lipinski definition) is 2. The van der Waals surface area contributed by atoms with Crippen molar-refractivity contribution in [3.05, 3.63) is 75.1 Å². The van der Waals surface area contributed by atoms with E-state index in [0.717, 1.165) is 21.3 Å². The van der Waals surface area contributed by atoms with Crippen molar-refractivity contribution in [2.75, 3.05) is 10.7 Å². The zero-order valence-corrected chi connectivity index (χ0v) is 16.8. The van der Waals surface area contributed by atoms with Gasteiger partial charge in [0, 0.05) is 10.6 Å². The number of nitrogens with two attached hydrogens (primary N) is 2. The Hall–Kier alpha value is -3.07. The monoisotopic (exact) mass is 424 g/mol. The molecular weight excluding hydrogens is 408 g/mol. The van der Waals surface area contributed by atoms with Crippen LogP contribution >= 0.6 is 22.9 Å². The van der Waals surface area contributed by atoms with Gasteiger partial charge in [0.2, 0.25) is 0 Å². The van der Waals surface area contributed by atoms with Crippen molar-refractivity contribution in [3.8, 4) is 11.3 Å². The van der Waals surface area contributed by atoms with Crippen LogP contribution in [0.1, 0.15) is 11.1 Å². The molecule has 0 bridgehead atoms. The van der Waals surface area contributed by atoms with Gasteiger partial charge >= 0.3 is 0 Å². The first-order valence-corrected chi connectivity index (χ1v) is 9.99. The fourth-order valence-electron chi connectivity index (χ4n) is 3.02. The topological polar surface area (TPSA) is 110 Å². The molecule has 0 aliphatic heterocycles. The van der Waals surface area contributed by atoms with Crippen LogP contribution in [0.4, 0.5) is 11.5 Å². The van der Waals surface area contributed by atoms with Gasteiger partial charge < -0.3 is 5.73 Å². The van der Waals surface area contributed by atoms with Crippen LogP contribution < -0.4 is 16.6 Å². The minimum atomic E-state index is 0.0280. The number of thiazole rings is 1. The molecule has 0 saturated carbocycles. The van der Waals surface area contributed by atoms with E-state index in [9.17, 15) is 4.91 Å². The molecule has 4 aromatic rings. The summed E-state index contributed by atoms with van der Waals surface area (Å²) in [6, 6.07) is 14.9. The number of hydrogen-bond acceptors (Lipinski definition) is 8. The number of halogens is 1. The number of aromatic nitrogens is 2. The maximum atomic E-state index is 10.5. The van der Waals surface area contributed by atoms with E-state index in [4.69, 9.17) is 23.2 Å². The Kier molecular flexibility index (Phi) is 5.39. The highest BCUT2D eigenvalue weighted by atomic mass is 35.5. The zero-order chi connectivity index (χ0) is 20.4. The molecule has 0 fully saturated rings. The molecule has 0 saturated heterocycles. The normalized spacial score (nSPS) is 11.0. The number of hydrazine groups is 1. The molecular formula is C20H17ClN6OS. The second-order valence-electron chi connectivity index (χ2n) is 6.49. The Balaban J connectivity index is 1.62. The van der Waals surface area contributed by atoms with Gasteiger partial charge in [-0.15, -0.1) is 11.3 Å². The molecule has 0 radical (unpaired) electrons. The van der Waals surface area contributed by atoms with E-state index in [1.54, 1.807) is 35.6 Å². The maximum absolute atomic E-state index is 10.5. The lowest BCUT2D eigenvalue weighted by molar-refractivity contribution is 0.836. The Labute approximate surface area is 175 Å². The van der Waals surface area contributed by atoms with Gasteiger partial charge in [-0.3, -0.25) is 5.01 Å². The highest BCUT2D eigenvalue weighted by molar-refractivity contribution is 7.16. The fourth-order valence-corrected chi connectivity index (χ4v) is 4.00. The van der Waals surface area contributed by atoms with Gasteiger partial charge in [-0.25, -0.2) is 15.8 Å². The molecule has 4 rings (SSSR count). The van der Waals surface area contributed by atoms with Gasteiger partial charge in [0.15, 0.2) is 5.82 Å². The Morgan fingerprint density at radius 3 is 2.79 bits per heavy atom. The first kappa shape index (κ1) is 19.3. The molecule has 2 aromatic heterocycles. The summed E-state index contributed by atoms with van der Waals surface area (Å²) in [7, 11) is 0. The molecule has 0 aliphatic rings. The number of benzene rings is 2. The molecule has 0 amide bonds. The first-order chi connectivity index (χ1) is 14.0. The molecule has 9 heteroatoms. The highest BCUT2D eigenvalue weighted by Gasteiger charge is 2.13.